The van der Waals surface area contributed by atoms with Gasteiger partial charge in [-0.3, -0.25) is 0 Å². The number of pyridine rings is 1. The van der Waals surface area contributed by atoms with Gasteiger partial charge in [0.15, 0.2) is 0 Å². The highest BCUT2D eigenvalue weighted by Crippen LogP contribution is 2.26. The van der Waals surface area contributed by atoms with Gasteiger partial charge in [0, 0.05) is 16.7 Å². The van der Waals surface area contributed by atoms with Crippen LogP contribution in [0.4, 0.5) is 0 Å². The van der Waals surface area contributed by atoms with E-state index in [9.17, 15) is 4.79 Å². The minimum absolute atomic E-state index is 0.0495. The minimum Gasteiger partial charge on any atom is -0.464 e. The lowest BCUT2D eigenvalue weighted by Crippen LogP contribution is -2.33. The van der Waals surface area contributed by atoms with Crippen LogP contribution >= 0.6 is 0 Å². The summed E-state index contributed by atoms with van der Waals surface area (Å²) in [5.74, 6) is 6.12. The molecule has 0 amide bonds. The number of ether oxygens (including phenoxy) is 1. The van der Waals surface area contributed by atoms with Crippen molar-refractivity contribution in [2.45, 2.75) is 26.7 Å². The zero-order chi connectivity index (χ0) is 14.6. The molecule has 4 heteroatoms. The van der Waals surface area contributed by atoms with E-state index in [0.717, 1.165) is 37.2 Å². The van der Waals surface area contributed by atoms with Gasteiger partial charge in [-0.2, -0.15) is 0 Å². The molecule has 1 saturated heterocycles. The first-order chi connectivity index (χ1) is 9.52. The van der Waals surface area contributed by atoms with Crippen LogP contribution in [-0.2, 0) is 4.74 Å². The fourth-order valence-corrected chi connectivity index (χ4v) is 2.28. The number of piperidine rings is 1. The number of rotatable bonds is 1. The van der Waals surface area contributed by atoms with Crippen molar-refractivity contribution < 1.29 is 9.53 Å². The number of methoxy groups -OCH3 is 1. The summed E-state index contributed by atoms with van der Waals surface area (Å²) < 4.78 is 4.70. The van der Waals surface area contributed by atoms with Gasteiger partial charge in [0.2, 0.25) is 0 Å². The van der Waals surface area contributed by atoms with Crippen molar-refractivity contribution in [3.8, 4) is 11.8 Å². The standard InChI is InChI=1S/C16H20N2O2/c1-12-10-13(11-14(18-12)15(19)20-3)4-5-16(2)6-8-17-9-7-16/h10-11,17H,6-9H2,1-3H3. The number of nitrogens with one attached hydrogen (secondary N) is 1. The predicted molar refractivity (Wildman–Crippen MR) is 77.4 cm³/mol. The predicted octanol–water partition coefficient (Wildman–Crippen LogP) is 1.92. The Hall–Kier alpha value is -1.86. The first-order valence-electron chi connectivity index (χ1n) is 6.83. The van der Waals surface area contributed by atoms with Crippen LogP contribution in [0.25, 0.3) is 0 Å². The number of carbonyl (C=O) groups is 1. The second kappa shape index (κ2) is 6.06. The second-order valence-corrected chi connectivity index (χ2v) is 5.43. The molecule has 0 unspecified atom stereocenters. The number of nitrogens with zero attached hydrogens (tertiary/aromatic N) is 1. The SMILES string of the molecule is COC(=O)c1cc(C#CC2(C)CCNCC2)cc(C)n1. The summed E-state index contributed by atoms with van der Waals surface area (Å²) in [6.07, 6.45) is 2.10. The molecule has 20 heavy (non-hydrogen) atoms. The van der Waals surface area contributed by atoms with Crippen LogP contribution in [-0.4, -0.2) is 31.2 Å². The molecule has 0 radical (unpaired) electrons. The Bertz CT molecular complexity index is 564. The third kappa shape index (κ3) is 3.58. The van der Waals surface area contributed by atoms with Crippen molar-refractivity contribution >= 4 is 5.97 Å². The molecular weight excluding hydrogens is 252 g/mol. The number of esters is 1. The van der Waals surface area contributed by atoms with Gasteiger partial charge in [0.1, 0.15) is 5.69 Å². The molecule has 1 aromatic rings. The monoisotopic (exact) mass is 272 g/mol. The van der Waals surface area contributed by atoms with E-state index in [1.165, 1.54) is 7.11 Å². The average Bonchev–Trinajstić information content (AvgIpc) is 2.45. The highest BCUT2D eigenvalue weighted by Gasteiger charge is 2.23. The zero-order valence-corrected chi connectivity index (χ0v) is 12.2. The number of aryl methyl sites for hydroxylation is 1. The van der Waals surface area contributed by atoms with Crippen LogP contribution in [0.15, 0.2) is 12.1 Å². The maximum atomic E-state index is 11.5. The molecule has 1 aliphatic heterocycles. The van der Waals surface area contributed by atoms with E-state index in [2.05, 4.69) is 29.1 Å². The van der Waals surface area contributed by atoms with E-state index in [1.807, 2.05) is 13.0 Å². The van der Waals surface area contributed by atoms with Gasteiger partial charge in [-0.1, -0.05) is 11.8 Å². The molecule has 1 aliphatic rings. The van der Waals surface area contributed by atoms with E-state index < -0.39 is 5.97 Å². The Kier molecular flexibility index (Phi) is 4.41. The molecule has 0 aromatic carbocycles. The van der Waals surface area contributed by atoms with E-state index in [0.29, 0.717) is 5.69 Å². The fraction of sp³-hybridized carbons (Fsp3) is 0.500. The van der Waals surface area contributed by atoms with Crippen LogP contribution < -0.4 is 5.32 Å². The Morgan fingerprint density at radius 1 is 1.40 bits per heavy atom. The summed E-state index contributed by atoms with van der Waals surface area (Å²) >= 11 is 0. The van der Waals surface area contributed by atoms with Gasteiger partial charge in [-0.15, -0.1) is 0 Å². The lowest BCUT2D eigenvalue weighted by atomic mass is 9.81. The van der Waals surface area contributed by atoms with Crippen molar-refractivity contribution in [2.24, 2.45) is 5.41 Å². The van der Waals surface area contributed by atoms with Gasteiger partial charge in [0.25, 0.3) is 0 Å². The summed E-state index contributed by atoms with van der Waals surface area (Å²) in [6.45, 7) is 6.06. The molecule has 1 fully saturated rings. The molecule has 2 heterocycles. The Morgan fingerprint density at radius 3 is 2.75 bits per heavy atom. The topological polar surface area (TPSA) is 51.2 Å². The van der Waals surface area contributed by atoms with Gasteiger partial charge in [-0.25, -0.2) is 9.78 Å². The van der Waals surface area contributed by atoms with Crippen molar-refractivity contribution in [3.63, 3.8) is 0 Å². The molecule has 0 saturated carbocycles. The van der Waals surface area contributed by atoms with Crippen molar-refractivity contribution in [3.05, 3.63) is 29.1 Å². The molecule has 106 valence electrons. The van der Waals surface area contributed by atoms with Crippen molar-refractivity contribution in [1.82, 2.24) is 10.3 Å². The maximum absolute atomic E-state index is 11.5. The third-order valence-corrected chi connectivity index (χ3v) is 3.56. The molecule has 1 N–H and O–H groups in total. The minimum atomic E-state index is -0.426. The number of aromatic nitrogens is 1. The van der Waals surface area contributed by atoms with Crippen LogP contribution in [0.1, 0.15) is 41.5 Å². The molecule has 0 aliphatic carbocycles. The average molecular weight is 272 g/mol. The first kappa shape index (κ1) is 14.5. The van der Waals surface area contributed by atoms with Gasteiger partial charge in [-0.05, 0) is 51.9 Å². The molecular formula is C16H20N2O2. The largest absolute Gasteiger partial charge is 0.464 e. The lowest BCUT2D eigenvalue weighted by molar-refractivity contribution is 0.0593. The molecule has 2 rings (SSSR count). The Labute approximate surface area is 119 Å². The Morgan fingerprint density at radius 2 is 2.10 bits per heavy atom. The van der Waals surface area contributed by atoms with Crippen LogP contribution in [0.2, 0.25) is 0 Å². The summed E-state index contributed by atoms with van der Waals surface area (Å²) in [6, 6.07) is 3.58. The van der Waals surface area contributed by atoms with E-state index in [4.69, 9.17) is 4.74 Å². The molecule has 1 aromatic heterocycles. The summed E-state index contributed by atoms with van der Waals surface area (Å²) in [4.78, 5) is 15.7. The second-order valence-electron chi connectivity index (χ2n) is 5.43. The molecule has 0 bridgehead atoms. The Balaban J connectivity index is 2.25. The maximum Gasteiger partial charge on any atom is 0.356 e. The van der Waals surface area contributed by atoms with Crippen molar-refractivity contribution in [2.75, 3.05) is 20.2 Å². The normalized spacial score (nSPS) is 16.9. The van der Waals surface area contributed by atoms with Gasteiger partial charge in [0.05, 0.1) is 7.11 Å². The third-order valence-electron chi connectivity index (χ3n) is 3.56. The van der Waals surface area contributed by atoms with Crippen LogP contribution in [0, 0.1) is 24.2 Å². The molecule has 0 spiro atoms. The first-order valence-corrected chi connectivity index (χ1v) is 6.83. The summed E-state index contributed by atoms with van der Waals surface area (Å²) in [5.41, 5.74) is 1.95. The number of hydrogen-bond acceptors (Lipinski definition) is 4. The number of hydrogen-bond donors (Lipinski definition) is 1. The van der Waals surface area contributed by atoms with Gasteiger partial charge < -0.3 is 10.1 Å². The fourth-order valence-electron chi connectivity index (χ4n) is 2.28. The molecule has 0 atom stereocenters. The number of carbonyl (C=O) groups excluding carboxylic acids is 1. The van der Waals surface area contributed by atoms with Gasteiger partial charge >= 0.3 is 5.97 Å². The highest BCUT2D eigenvalue weighted by molar-refractivity contribution is 5.87. The highest BCUT2D eigenvalue weighted by atomic mass is 16.5. The zero-order valence-electron chi connectivity index (χ0n) is 12.2. The van der Waals surface area contributed by atoms with Crippen molar-refractivity contribution in [1.29, 1.82) is 0 Å². The smallest absolute Gasteiger partial charge is 0.356 e. The van der Waals surface area contributed by atoms with Crippen LogP contribution in [0.3, 0.4) is 0 Å². The van der Waals surface area contributed by atoms with E-state index >= 15 is 0 Å². The van der Waals surface area contributed by atoms with E-state index in [-0.39, 0.29) is 5.41 Å². The van der Waals surface area contributed by atoms with E-state index in [1.54, 1.807) is 6.07 Å². The summed E-state index contributed by atoms with van der Waals surface area (Å²) in [7, 11) is 1.35. The lowest BCUT2D eigenvalue weighted by Gasteiger charge is -2.28. The molecule has 4 nitrogen and oxygen atoms in total. The summed E-state index contributed by atoms with van der Waals surface area (Å²) in [5, 5.41) is 3.34. The van der Waals surface area contributed by atoms with Crippen LogP contribution in [0.5, 0.6) is 0 Å². The quantitative estimate of drug-likeness (QED) is 0.627.